The lowest BCUT2D eigenvalue weighted by molar-refractivity contribution is -0.127. The van der Waals surface area contributed by atoms with Crippen molar-refractivity contribution in [1.82, 2.24) is 14.7 Å². The predicted octanol–water partition coefficient (Wildman–Crippen LogP) is 1.04. The first-order chi connectivity index (χ1) is 10.2. The minimum atomic E-state index is 0.351. The van der Waals surface area contributed by atoms with Gasteiger partial charge in [-0.1, -0.05) is 0 Å². The summed E-state index contributed by atoms with van der Waals surface area (Å²) in [6, 6.07) is 0.604. The zero-order valence-electron chi connectivity index (χ0n) is 13.7. The number of nitrogens with zero attached hydrogens (tertiary/aromatic N) is 3. The number of piperazine rings is 1. The minimum absolute atomic E-state index is 0.351. The number of amides is 1. The number of carbonyl (C=O) groups excluding carboxylic acids is 1. The van der Waals surface area contributed by atoms with Gasteiger partial charge in [0.25, 0.3) is 0 Å². The van der Waals surface area contributed by atoms with E-state index in [1.54, 1.807) is 0 Å². The third-order valence-electron chi connectivity index (χ3n) is 4.65. The van der Waals surface area contributed by atoms with E-state index >= 15 is 0 Å². The summed E-state index contributed by atoms with van der Waals surface area (Å²) in [6.07, 6.45) is 2.92. The van der Waals surface area contributed by atoms with Crippen LogP contribution >= 0.6 is 0 Å². The molecule has 2 aliphatic rings. The first kappa shape index (κ1) is 16.7. The summed E-state index contributed by atoms with van der Waals surface area (Å²) in [7, 11) is 0. The molecule has 0 aromatic carbocycles. The molecule has 1 atom stereocenters. The third kappa shape index (κ3) is 5.24. The first-order valence-electron chi connectivity index (χ1n) is 8.52. The van der Waals surface area contributed by atoms with Gasteiger partial charge in [-0.15, -0.1) is 0 Å². The molecular weight excluding hydrogens is 266 g/mol. The van der Waals surface area contributed by atoms with E-state index in [9.17, 15) is 4.79 Å². The second-order valence-electron chi connectivity index (χ2n) is 6.22. The lowest BCUT2D eigenvalue weighted by atomic mass is 10.2. The van der Waals surface area contributed by atoms with Crippen LogP contribution in [-0.4, -0.2) is 85.7 Å². The van der Waals surface area contributed by atoms with Gasteiger partial charge < -0.3 is 14.5 Å². The van der Waals surface area contributed by atoms with Crippen LogP contribution in [0.4, 0.5) is 0 Å². The Bertz CT molecular complexity index is 325. The van der Waals surface area contributed by atoms with Crippen molar-refractivity contribution in [2.45, 2.75) is 39.2 Å². The molecule has 0 aliphatic carbocycles. The van der Waals surface area contributed by atoms with Gasteiger partial charge in [-0.05, 0) is 33.2 Å². The summed E-state index contributed by atoms with van der Waals surface area (Å²) in [5.41, 5.74) is 0. The van der Waals surface area contributed by atoms with E-state index in [1.807, 2.05) is 11.8 Å². The lowest BCUT2D eigenvalue weighted by Gasteiger charge is -2.40. The second kappa shape index (κ2) is 8.71. The molecule has 0 bridgehead atoms. The molecule has 2 fully saturated rings. The van der Waals surface area contributed by atoms with Gasteiger partial charge in [0, 0.05) is 58.3 Å². The zero-order chi connectivity index (χ0) is 15.1. The van der Waals surface area contributed by atoms with Gasteiger partial charge >= 0.3 is 0 Å². The van der Waals surface area contributed by atoms with Crippen molar-refractivity contribution in [3.8, 4) is 0 Å². The smallest absolute Gasteiger partial charge is 0.222 e. The standard InChI is InChI=1S/C16H31N3O2/c1-3-21-13-12-18-11-10-17(14-15(18)2)7-5-9-19-8-4-6-16(19)20/h15H,3-14H2,1-2H3. The van der Waals surface area contributed by atoms with Crippen molar-refractivity contribution in [3.63, 3.8) is 0 Å². The predicted molar refractivity (Wildman–Crippen MR) is 84.4 cm³/mol. The summed E-state index contributed by atoms with van der Waals surface area (Å²) in [6.45, 7) is 13.5. The van der Waals surface area contributed by atoms with Crippen LogP contribution in [0.5, 0.6) is 0 Å². The maximum Gasteiger partial charge on any atom is 0.222 e. The number of carbonyl (C=O) groups is 1. The van der Waals surface area contributed by atoms with Crippen LogP contribution in [0.15, 0.2) is 0 Å². The van der Waals surface area contributed by atoms with E-state index in [2.05, 4.69) is 16.7 Å². The SMILES string of the molecule is CCOCCN1CCN(CCCN2CCCC2=O)CC1C. The van der Waals surface area contributed by atoms with Crippen molar-refractivity contribution in [3.05, 3.63) is 0 Å². The molecule has 122 valence electrons. The monoisotopic (exact) mass is 297 g/mol. The van der Waals surface area contributed by atoms with Gasteiger partial charge in [-0.25, -0.2) is 0 Å². The van der Waals surface area contributed by atoms with Gasteiger partial charge in [0.2, 0.25) is 5.91 Å². The van der Waals surface area contributed by atoms with Crippen LogP contribution in [0.25, 0.3) is 0 Å². The highest BCUT2D eigenvalue weighted by atomic mass is 16.5. The fraction of sp³-hybridized carbons (Fsp3) is 0.938. The number of ether oxygens (including phenoxy) is 1. The molecule has 0 aromatic heterocycles. The fourth-order valence-electron chi connectivity index (χ4n) is 3.36. The van der Waals surface area contributed by atoms with Crippen LogP contribution in [0.2, 0.25) is 0 Å². The maximum absolute atomic E-state index is 11.6. The molecule has 0 saturated carbocycles. The quantitative estimate of drug-likeness (QED) is 0.627. The molecule has 2 aliphatic heterocycles. The van der Waals surface area contributed by atoms with E-state index < -0.39 is 0 Å². The molecular formula is C16H31N3O2. The van der Waals surface area contributed by atoms with Crippen molar-refractivity contribution < 1.29 is 9.53 Å². The molecule has 5 heteroatoms. The van der Waals surface area contributed by atoms with Crippen LogP contribution in [0, 0.1) is 0 Å². The Balaban J connectivity index is 1.60. The number of likely N-dealkylation sites (tertiary alicyclic amines) is 1. The lowest BCUT2D eigenvalue weighted by Crippen LogP contribution is -2.52. The Morgan fingerprint density at radius 2 is 2.05 bits per heavy atom. The Morgan fingerprint density at radius 1 is 1.19 bits per heavy atom. The second-order valence-corrected chi connectivity index (χ2v) is 6.22. The van der Waals surface area contributed by atoms with Crippen molar-refractivity contribution >= 4 is 5.91 Å². The zero-order valence-corrected chi connectivity index (χ0v) is 13.7. The van der Waals surface area contributed by atoms with Crippen LogP contribution in [-0.2, 0) is 9.53 Å². The van der Waals surface area contributed by atoms with E-state index in [-0.39, 0.29) is 0 Å². The van der Waals surface area contributed by atoms with Crippen LogP contribution in [0.1, 0.15) is 33.1 Å². The Kier molecular flexibility index (Phi) is 6.93. The Labute approximate surface area is 129 Å². The summed E-state index contributed by atoms with van der Waals surface area (Å²) in [5.74, 6) is 0.351. The van der Waals surface area contributed by atoms with E-state index in [0.717, 1.165) is 78.3 Å². The topological polar surface area (TPSA) is 36.0 Å². The summed E-state index contributed by atoms with van der Waals surface area (Å²) >= 11 is 0. The average molecular weight is 297 g/mol. The molecule has 1 amide bonds. The highest BCUT2D eigenvalue weighted by Gasteiger charge is 2.24. The van der Waals surface area contributed by atoms with E-state index in [1.165, 1.54) is 0 Å². The highest BCUT2D eigenvalue weighted by Crippen LogP contribution is 2.12. The molecule has 2 heterocycles. The largest absolute Gasteiger partial charge is 0.380 e. The molecule has 21 heavy (non-hydrogen) atoms. The van der Waals surface area contributed by atoms with Crippen LogP contribution < -0.4 is 0 Å². The van der Waals surface area contributed by atoms with E-state index in [0.29, 0.717) is 11.9 Å². The Morgan fingerprint density at radius 3 is 2.71 bits per heavy atom. The van der Waals surface area contributed by atoms with Crippen molar-refractivity contribution in [2.24, 2.45) is 0 Å². The molecule has 0 N–H and O–H groups in total. The van der Waals surface area contributed by atoms with Gasteiger partial charge in [0.05, 0.1) is 6.61 Å². The molecule has 0 radical (unpaired) electrons. The van der Waals surface area contributed by atoms with E-state index in [4.69, 9.17) is 4.74 Å². The molecule has 2 saturated heterocycles. The summed E-state index contributed by atoms with van der Waals surface area (Å²) in [4.78, 5) is 18.7. The molecule has 0 aromatic rings. The molecule has 1 unspecified atom stereocenters. The fourth-order valence-corrected chi connectivity index (χ4v) is 3.36. The van der Waals surface area contributed by atoms with Crippen LogP contribution in [0.3, 0.4) is 0 Å². The van der Waals surface area contributed by atoms with Gasteiger partial charge in [0.1, 0.15) is 0 Å². The molecule has 5 nitrogen and oxygen atoms in total. The number of rotatable bonds is 8. The minimum Gasteiger partial charge on any atom is -0.380 e. The van der Waals surface area contributed by atoms with Crippen molar-refractivity contribution in [1.29, 1.82) is 0 Å². The number of hydrogen-bond acceptors (Lipinski definition) is 4. The third-order valence-corrected chi connectivity index (χ3v) is 4.65. The normalized spacial score (nSPS) is 25.0. The summed E-state index contributed by atoms with van der Waals surface area (Å²) < 4.78 is 5.45. The maximum atomic E-state index is 11.6. The van der Waals surface area contributed by atoms with Gasteiger partial charge in [-0.3, -0.25) is 9.69 Å². The summed E-state index contributed by atoms with van der Waals surface area (Å²) in [5, 5.41) is 0. The number of hydrogen-bond donors (Lipinski definition) is 0. The van der Waals surface area contributed by atoms with Gasteiger partial charge in [-0.2, -0.15) is 0 Å². The molecule has 0 spiro atoms. The average Bonchev–Trinajstić information content (AvgIpc) is 2.87. The molecule has 2 rings (SSSR count). The Hall–Kier alpha value is -0.650. The van der Waals surface area contributed by atoms with Gasteiger partial charge in [0.15, 0.2) is 0 Å². The van der Waals surface area contributed by atoms with Crippen molar-refractivity contribution in [2.75, 3.05) is 59.0 Å². The first-order valence-corrected chi connectivity index (χ1v) is 8.52. The highest BCUT2D eigenvalue weighted by molar-refractivity contribution is 5.77.